The van der Waals surface area contributed by atoms with Crippen LogP contribution in [-0.2, 0) is 0 Å². The number of aromatic nitrogens is 1. The van der Waals surface area contributed by atoms with Crippen molar-refractivity contribution in [2.45, 2.75) is 6.92 Å². The first-order chi connectivity index (χ1) is 16.8. The molecule has 3 aromatic carbocycles. The van der Waals surface area contributed by atoms with Gasteiger partial charge in [0.2, 0.25) is 5.75 Å². The van der Waals surface area contributed by atoms with E-state index in [1.165, 1.54) is 28.3 Å². The molecule has 0 saturated heterocycles. The average molecular weight is 491 g/mol. The number of rotatable bonds is 7. The quantitative estimate of drug-likeness (QED) is 0.318. The van der Waals surface area contributed by atoms with Crippen molar-refractivity contribution in [2.75, 3.05) is 26.6 Å². The molecule has 1 aromatic heterocycles. The van der Waals surface area contributed by atoms with Crippen LogP contribution in [-0.4, -0.2) is 38.0 Å². The summed E-state index contributed by atoms with van der Waals surface area (Å²) in [5, 5.41) is 3.95. The summed E-state index contributed by atoms with van der Waals surface area (Å²) in [6, 6.07) is 17.2. The number of carbonyl (C=O) groups is 2. The normalized spacial score (nSPS) is 10.7. The standard InChI is InChI=1S/C27H23ClN2O5/c1-15(31)16-6-5-7-19(10-16)29-27(32)21-14-23(30-22-9-8-18(28)13-20(21)22)17-11-24(33-2)26(35-4)25(12-17)34-3/h5-14H,1-4H3,(H,29,32). The number of fused-ring (bicyclic) bond motifs is 1. The second-order valence-corrected chi connectivity index (χ2v) is 8.16. The lowest BCUT2D eigenvalue weighted by Crippen LogP contribution is -2.13. The number of pyridine rings is 1. The van der Waals surface area contributed by atoms with Gasteiger partial charge in [0.25, 0.3) is 5.91 Å². The third-order valence-corrected chi connectivity index (χ3v) is 5.74. The third-order valence-electron chi connectivity index (χ3n) is 5.50. The van der Waals surface area contributed by atoms with Crippen LogP contribution in [0.3, 0.4) is 0 Å². The number of benzene rings is 3. The Morgan fingerprint density at radius 3 is 2.23 bits per heavy atom. The largest absolute Gasteiger partial charge is 0.493 e. The first-order valence-electron chi connectivity index (χ1n) is 10.7. The molecule has 0 aliphatic carbocycles. The summed E-state index contributed by atoms with van der Waals surface area (Å²) in [5.41, 5.74) is 3.16. The maximum atomic E-state index is 13.4. The molecule has 7 nitrogen and oxygen atoms in total. The zero-order chi connectivity index (χ0) is 25.1. The highest BCUT2D eigenvalue weighted by Crippen LogP contribution is 2.41. The highest BCUT2D eigenvalue weighted by atomic mass is 35.5. The van der Waals surface area contributed by atoms with E-state index in [9.17, 15) is 9.59 Å². The number of hydrogen-bond donors (Lipinski definition) is 1. The Balaban J connectivity index is 1.86. The fraction of sp³-hybridized carbons (Fsp3) is 0.148. The number of nitrogens with one attached hydrogen (secondary N) is 1. The monoisotopic (exact) mass is 490 g/mol. The Labute approximate surface area is 207 Å². The smallest absolute Gasteiger partial charge is 0.256 e. The lowest BCUT2D eigenvalue weighted by atomic mass is 10.0. The van der Waals surface area contributed by atoms with Crippen LogP contribution in [0.1, 0.15) is 27.6 Å². The summed E-state index contributed by atoms with van der Waals surface area (Å²) in [6.45, 7) is 1.48. The molecule has 4 aromatic rings. The number of hydrogen-bond acceptors (Lipinski definition) is 6. The summed E-state index contributed by atoms with van der Waals surface area (Å²) in [5.74, 6) is 0.925. The molecular formula is C27H23ClN2O5. The van der Waals surface area contributed by atoms with Gasteiger partial charge in [0.15, 0.2) is 17.3 Å². The Kier molecular flexibility index (Phi) is 6.89. The van der Waals surface area contributed by atoms with Gasteiger partial charge in [0, 0.05) is 27.2 Å². The molecule has 35 heavy (non-hydrogen) atoms. The highest BCUT2D eigenvalue weighted by Gasteiger charge is 2.19. The molecule has 4 rings (SSSR count). The number of amides is 1. The number of ether oxygens (including phenoxy) is 3. The van der Waals surface area contributed by atoms with Crippen LogP contribution in [0, 0.1) is 0 Å². The van der Waals surface area contributed by atoms with Gasteiger partial charge in [-0.15, -0.1) is 0 Å². The van der Waals surface area contributed by atoms with Crippen LogP contribution in [0.25, 0.3) is 22.2 Å². The van der Waals surface area contributed by atoms with E-state index in [1.54, 1.807) is 60.7 Å². The summed E-state index contributed by atoms with van der Waals surface area (Å²) in [7, 11) is 4.59. The Morgan fingerprint density at radius 2 is 1.60 bits per heavy atom. The summed E-state index contributed by atoms with van der Waals surface area (Å²) < 4.78 is 16.4. The fourth-order valence-corrected chi connectivity index (χ4v) is 3.95. The SMILES string of the molecule is COc1cc(-c2cc(C(=O)Nc3cccc(C(C)=O)c3)c3cc(Cl)ccc3n2)cc(OC)c1OC. The lowest BCUT2D eigenvalue weighted by molar-refractivity contribution is 0.101. The van der Waals surface area contributed by atoms with Gasteiger partial charge in [-0.25, -0.2) is 4.98 Å². The molecule has 1 heterocycles. The molecule has 0 fully saturated rings. The number of anilines is 1. The molecule has 0 bridgehead atoms. The number of methoxy groups -OCH3 is 3. The predicted octanol–water partition coefficient (Wildman–Crippen LogP) is 6.04. The summed E-state index contributed by atoms with van der Waals surface area (Å²) in [4.78, 5) is 29.9. The molecular weight excluding hydrogens is 468 g/mol. The van der Waals surface area contributed by atoms with E-state index in [1.807, 2.05) is 0 Å². The molecule has 0 aliphatic rings. The topological polar surface area (TPSA) is 86.8 Å². The maximum absolute atomic E-state index is 13.4. The first-order valence-corrected chi connectivity index (χ1v) is 11.1. The van der Waals surface area contributed by atoms with Crippen LogP contribution in [0.5, 0.6) is 17.2 Å². The minimum Gasteiger partial charge on any atom is -0.493 e. The second kappa shape index (κ2) is 10.0. The van der Waals surface area contributed by atoms with E-state index in [0.29, 0.717) is 61.2 Å². The number of Topliss-reactive ketones (excluding diaryl/α,β-unsaturated/α-hetero) is 1. The van der Waals surface area contributed by atoms with Crippen LogP contribution in [0.4, 0.5) is 5.69 Å². The van der Waals surface area contributed by atoms with E-state index < -0.39 is 0 Å². The Hall–Kier alpha value is -4.10. The lowest BCUT2D eigenvalue weighted by Gasteiger charge is -2.15. The van der Waals surface area contributed by atoms with Crippen LogP contribution in [0.15, 0.2) is 60.7 Å². The summed E-state index contributed by atoms with van der Waals surface area (Å²) in [6.07, 6.45) is 0. The first kappa shape index (κ1) is 24.0. The average Bonchev–Trinajstić information content (AvgIpc) is 2.87. The molecule has 0 unspecified atom stereocenters. The van der Waals surface area contributed by atoms with Crippen molar-refractivity contribution in [3.63, 3.8) is 0 Å². The number of halogens is 1. The minimum absolute atomic E-state index is 0.0908. The zero-order valence-electron chi connectivity index (χ0n) is 19.6. The van der Waals surface area contributed by atoms with Crippen molar-refractivity contribution in [3.8, 4) is 28.5 Å². The summed E-state index contributed by atoms with van der Waals surface area (Å²) >= 11 is 6.24. The third kappa shape index (κ3) is 4.90. The molecule has 178 valence electrons. The van der Waals surface area contributed by atoms with Gasteiger partial charge in [-0.2, -0.15) is 0 Å². The minimum atomic E-state index is -0.367. The van der Waals surface area contributed by atoms with Crippen LogP contribution < -0.4 is 19.5 Å². The van der Waals surface area contributed by atoms with Gasteiger partial charge >= 0.3 is 0 Å². The van der Waals surface area contributed by atoms with Gasteiger partial charge < -0.3 is 19.5 Å². The van der Waals surface area contributed by atoms with E-state index in [4.69, 9.17) is 30.8 Å². The van der Waals surface area contributed by atoms with Crippen LogP contribution >= 0.6 is 11.6 Å². The van der Waals surface area contributed by atoms with Crippen molar-refractivity contribution in [3.05, 3.63) is 76.8 Å². The molecule has 0 radical (unpaired) electrons. The number of carbonyl (C=O) groups excluding carboxylic acids is 2. The van der Waals surface area contributed by atoms with E-state index in [-0.39, 0.29) is 11.7 Å². The molecule has 1 amide bonds. The zero-order valence-corrected chi connectivity index (χ0v) is 20.4. The van der Waals surface area contributed by atoms with E-state index in [0.717, 1.165) is 0 Å². The number of nitrogens with zero attached hydrogens (tertiary/aromatic N) is 1. The van der Waals surface area contributed by atoms with Gasteiger partial charge in [0.1, 0.15) is 0 Å². The predicted molar refractivity (Wildman–Crippen MR) is 136 cm³/mol. The van der Waals surface area contributed by atoms with E-state index in [2.05, 4.69) is 5.32 Å². The molecule has 0 aliphatic heterocycles. The fourth-order valence-electron chi connectivity index (χ4n) is 3.78. The van der Waals surface area contributed by atoms with Gasteiger partial charge in [0.05, 0.1) is 38.1 Å². The van der Waals surface area contributed by atoms with Crippen molar-refractivity contribution < 1.29 is 23.8 Å². The van der Waals surface area contributed by atoms with Crippen molar-refractivity contribution >= 4 is 39.9 Å². The second-order valence-electron chi connectivity index (χ2n) is 7.72. The Bertz CT molecular complexity index is 1430. The van der Waals surface area contributed by atoms with Crippen molar-refractivity contribution in [1.29, 1.82) is 0 Å². The van der Waals surface area contributed by atoms with Crippen LogP contribution in [0.2, 0.25) is 5.02 Å². The highest BCUT2D eigenvalue weighted by molar-refractivity contribution is 6.31. The molecule has 0 saturated carbocycles. The molecule has 0 spiro atoms. The molecule has 8 heteroatoms. The van der Waals surface area contributed by atoms with Gasteiger partial charge in [-0.05, 0) is 55.5 Å². The van der Waals surface area contributed by atoms with Crippen molar-refractivity contribution in [1.82, 2.24) is 4.98 Å². The Morgan fingerprint density at radius 1 is 0.886 bits per heavy atom. The van der Waals surface area contributed by atoms with E-state index >= 15 is 0 Å². The van der Waals surface area contributed by atoms with Crippen molar-refractivity contribution in [2.24, 2.45) is 0 Å². The maximum Gasteiger partial charge on any atom is 0.256 e. The molecule has 1 N–H and O–H groups in total. The van der Waals surface area contributed by atoms with Gasteiger partial charge in [-0.3, -0.25) is 9.59 Å². The number of ketones is 1. The molecule has 0 atom stereocenters. The van der Waals surface area contributed by atoms with Gasteiger partial charge in [-0.1, -0.05) is 23.7 Å².